The second kappa shape index (κ2) is 5.40. The quantitative estimate of drug-likeness (QED) is 0.838. The molecule has 1 aliphatic heterocycles. The minimum atomic E-state index is 0.868. The van der Waals surface area contributed by atoms with Crippen LogP contribution in [0.15, 0.2) is 35.0 Å². The largest absolute Gasteiger partial charge is 0.361 e. The summed E-state index contributed by atoms with van der Waals surface area (Å²) in [5, 5.41) is 4.04. The molecule has 1 aliphatic rings. The Morgan fingerprint density at radius 3 is 2.68 bits per heavy atom. The van der Waals surface area contributed by atoms with Crippen LogP contribution in [0, 0.1) is 6.92 Å². The molecule has 1 saturated heterocycles. The molecule has 1 fully saturated rings. The zero-order valence-electron chi connectivity index (χ0n) is 11.1. The molecule has 0 unspecified atom stereocenters. The second-order valence-electron chi connectivity index (χ2n) is 4.88. The number of nitrogens with zero attached hydrogens (tertiary/aromatic N) is 4. The fourth-order valence-electron chi connectivity index (χ4n) is 2.40. The number of aromatic nitrogens is 2. The van der Waals surface area contributed by atoms with Gasteiger partial charge in [0.1, 0.15) is 11.6 Å². The highest BCUT2D eigenvalue weighted by atomic mass is 16.5. The smallest absolute Gasteiger partial charge is 0.133 e. The average molecular weight is 258 g/mol. The summed E-state index contributed by atoms with van der Waals surface area (Å²) in [5.41, 5.74) is 1.02. The first kappa shape index (κ1) is 12.2. The number of rotatable bonds is 3. The summed E-state index contributed by atoms with van der Waals surface area (Å²) in [5.74, 6) is 1.95. The normalized spacial score (nSPS) is 16.8. The first-order valence-electron chi connectivity index (χ1n) is 6.62. The molecule has 0 radical (unpaired) electrons. The Hall–Kier alpha value is -1.88. The van der Waals surface area contributed by atoms with Crippen molar-refractivity contribution in [2.75, 3.05) is 31.1 Å². The molecule has 0 spiro atoms. The van der Waals surface area contributed by atoms with Crippen LogP contribution in [-0.4, -0.2) is 41.2 Å². The van der Waals surface area contributed by atoms with Crippen LogP contribution in [0.4, 0.5) is 5.82 Å². The van der Waals surface area contributed by atoms with Crippen molar-refractivity contribution in [3.8, 4) is 0 Å². The maximum Gasteiger partial charge on any atom is 0.133 e. The van der Waals surface area contributed by atoms with E-state index in [2.05, 4.69) is 26.0 Å². The summed E-state index contributed by atoms with van der Waals surface area (Å²) in [6, 6.07) is 8.06. The number of hydrogen-bond acceptors (Lipinski definition) is 5. The number of piperazine rings is 1. The minimum Gasteiger partial charge on any atom is -0.361 e. The maximum absolute atomic E-state index is 5.10. The van der Waals surface area contributed by atoms with Crippen molar-refractivity contribution in [2.45, 2.75) is 13.5 Å². The van der Waals surface area contributed by atoms with E-state index in [9.17, 15) is 0 Å². The van der Waals surface area contributed by atoms with Crippen LogP contribution in [0.5, 0.6) is 0 Å². The lowest BCUT2D eigenvalue weighted by Crippen LogP contribution is -2.46. The highest BCUT2D eigenvalue weighted by Crippen LogP contribution is 2.14. The summed E-state index contributed by atoms with van der Waals surface area (Å²) in [7, 11) is 0. The van der Waals surface area contributed by atoms with Crippen molar-refractivity contribution in [1.82, 2.24) is 15.0 Å². The predicted molar refractivity (Wildman–Crippen MR) is 73.0 cm³/mol. The predicted octanol–water partition coefficient (Wildman–Crippen LogP) is 1.70. The van der Waals surface area contributed by atoms with Gasteiger partial charge in [-0.15, -0.1) is 0 Å². The summed E-state index contributed by atoms with van der Waals surface area (Å²) in [6.45, 7) is 6.87. The van der Waals surface area contributed by atoms with Crippen LogP contribution >= 0.6 is 0 Å². The van der Waals surface area contributed by atoms with Crippen molar-refractivity contribution >= 4 is 5.82 Å². The van der Waals surface area contributed by atoms with Crippen molar-refractivity contribution in [3.63, 3.8) is 0 Å². The third kappa shape index (κ3) is 2.93. The Kier molecular flexibility index (Phi) is 3.46. The van der Waals surface area contributed by atoms with Gasteiger partial charge < -0.3 is 9.42 Å². The number of pyridine rings is 1. The third-order valence-electron chi connectivity index (χ3n) is 3.41. The van der Waals surface area contributed by atoms with Crippen molar-refractivity contribution in [3.05, 3.63) is 41.9 Å². The molecular weight excluding hydrogens is 240 g/mol. The lowest BCUT2D eigenvalue weighted by atomic mass is 10.2. The van der Waals surface area contributed by atoms with Gasteiger partial charge in [-0.25, -0.2) is 4.98 Å². The van der Waals surface area contributed by atoms with E-state index in [-0.39, 0.29) is 0 Å². The molecule has 100 valence electrons. The Bertz CT molecular complexity index is 517. The van der Waals surface area contributed by atoms with Crippen LogP contribution in [-0.2, 0) is 6.54 Å². The van der Waals surface area contributed by atoms with Crippen molar-refractivity contribution in [2.24, 2.45) is 0 Å². The molecule has 2 aromatic heterocycles. The zero-order chi connectivity index (χ0) is 13.1. The van der Waals surface area contributed by atoms with Gasteiger partial charge in [0.2, 0.25) is 0 Å². The van der Waals surface area contributed by atoms with Crippen molar-refractivity contribution in [1.29, 1.82) is 0 Å². The molecule has 0 aliphatic carbocycles. The van der Waals surface area contributed by atoms with Crippen LogP contribution in [0.2, 0.25) is 0 Å². The van der Waals surface area contributed by atoms with E-state index in [1.807, 2.05) is 31.3 Å². The van der Waals surface area contributed by atoms with Crippen molar-refractivity contribution < 1.29 is 4.52 Å². The van der Waals surface area contributed by atoms with E-state index in [1.54, 1.807) is 0 Å². The summed E-state index contributed by atoms with van der Waals surface area (Å²) >= 11 is 0. The van der Waals surface area contributed by atoms with Gasteiger partial charge in [0.05, 0.1) is 5.69 Å². The molecule has 0 aromatic carbocycles. The van der Waals surface area contributed by atoms with Gasteiger partial charge in [0, 0.05) is 45.0 Å². The second-order valence-corrected chi connectivity index (χ2v) is 4.88. The minimum absolute atomic E-state index is 0.868. The summed E-state index contributed by atoms with van der Waals surface area (Å²) < 4.78 is 5.10. The molecule has 0 bridgehead atoms. The van der Waals surface area contributed by atoms with Gasteiger partial charge in [0.25, 0.3) is 0 Å². The molecule has 2 aromatic rings. The number of anilines is 1. The number of aryl methyl sites for hydroxylation is 1. The zero-order valence-corrected chi connectivity index (χ0v) is 11.1. The van der Waals surface area contributed by atoms with Crippen LogP contribution in [0.1, 0.15) is 11.5 Å². The van der Waals surface area contributed by atoms with Gasteiger partial charge in [-0.2, -0.15) is 0 Å². The Balaban J connectivity index is 1.55. The van der Waals surface area contributed by atoms with E-state index in [0.29, 0.717) is 0 Å². The van der Waals surface area contributed by atoms with Gasteiger partial charge in [-0.1, -0.05) is 11.2 Å². The van der Waals surface area contributed by atoms with Gasteiger partial charge in [-0.3, -0.25) is 4.90 Å². The first-order valence-corrected chi connectivity index (χ1v) is 6.62. The Morgan fingerprint density at radius 2 is 2.05 bits per heavy atom. The van der Waals surface area contributed by atoms with E-state index >= 15 is 0 Å². The molecule has 0 amide bonds. The molecule has 0 N–H and O–H groups in total. The maximum atomic E-state index is 5.10. The average Bonchev–Trinajstić information content (AvgIpc) is 2.86. The van der Waals surface area contributed by atoms with E-state index in [4.69, 9.17) is 4.52 Å². The van der Waals surface area contributed by atoms with Gasteiger partial charge >= 0.3 is 0 Å². The first-order chi connectivity index (χ1) is 9.31. The topological polar surface area (TPSA) is 45.4 Å². The summed E-state index contributed by atoms with van der Waals surface area (Å²) in [6.07, 6.45) is 1.85. The van der Waals surface area contributed by atoms with E-state index in [0.717, 1.165) is 50.0 Å². The molecule has 3 rings (SSSR count). The molecular formula is C14H18N4O. The molecule has 3 heterocycles. The molecule has 0 saturated carbocycles. The Morgan fingerprint density at radius 1 is 1.21 bits per heavy atom. The molecule has 5 nitrogen and oxygen atoms in total. The molecule has 0 atom stereocenters. The molecule has 5 heteroatoms. The highest BCUT2D eigenvalue weighted by Gasteiger charge is 2.18. The third-order valence-corrected chi connectivity index (χ3v) is 3.41. The monoisotopic (exact) mass is 258 g/mol. The summed E-state index contributed by atoms with van der Waals surface area (Å²) in [4.78, 5) is 9.12. The highest BCUT2D eigenvalue weighted by molar-refractivity contribution is 5.38. The standard InChI is InChI=1S/C14H18N4O/c1-12-10-13(16-19-12)11-17-6-8-18(9-7-17)14-4-2-3-5-15-14/h2-5,10H,6-9,11H2,1H3. The fourth-order valence-corrected chi connectivity index (χ4v) is 2.40. The van der Waals surface area contributed by atoms with E-state index < -0.39 is 0 Å². The van der Waals surface area contributed by atoms with Crippen LogP contribution in [0.3, 0.4) is 0 Å². The van der Waals surface area contributed by atoms with Crippen LogP contribution < -0.4 is 4.90 Å². The SMILES string of the molecule is Cc1cc(CN2CCN(c3ccccn3)CC2)no1. The van der Waals surface area contributed by atoms with Crippen LogP contribution in [0.25, 0.3) is 0 Å². The van der Waals surface area contributed by atoms with Gasteiger partial charge in [-0.05, 0) is 19.1 Å². The molecule has 19 heavy (non-hydrogen) atoms. The lowest BCUT2D eigenvalue weighted by Gasteiger charge is -2.34. The van der Waals surface area contributed by atoms with Gasteiger partial charge in [0.15, 0.2) is 0 Å². The van der Waals surface area contributed by atoms with E-state index in [1.165, 1.54) is 0 Å². The number of hydrogen-bond donors (Lipinski definition) is 0. The fraction of sp³-hybridized carbons (Fsp3) is 0.429. The lowest BCUT2D eigenvalue weighted by molar-refractivity contribution is 0.241. The Labute approximate surface area is 112 Å².